The van der Waals surface area contributed by atoms with Crippen molar-refractivity contribution < 1.29 is 9.90 Å². The van der Waals surface area contributed by atoms with Crippen molar-refractivity contribution in [1.82, 2.24) is 14.5 Å². The molecular formula is C13H19N3O2S. The molecule has 6 heteroatoms. The summed E-state index contributed by atoms with van der Waals surface area (Å²) in [5.41, 5.74) is 1.15. The van der Waals surface area contributed by atoms with Gasteiger partial charge in [-0.1, -0.05) is 11.8 Å². The van der Waals surface area contributed by atoms with Crippen LogP contribution in [0.15, 0.2) is 11.4 Å². The highest BCUT2D eigenvalue weighted by atomic mass is 32.2. The molecular weight excluding hydrogens is 262 g/mol. The summed E-state index contributed by atoms with van der Waals surface area (Å²) < 4.78 is 2.27. The van der Waals surface area contributed by atoms with Crippen LogP contribution in [0.5, 0.6) is 0 Å². The average molecular weight is 281 g/mol. The minimum absolute atomic E-state index is 0.0809. The lowest BCUT2D eigenvalue weighted by molar-refractivity contribution is -0.133. The van der Waals surface area contributed by atoms with Crippen LogP contribution in [0, 0.1) is 12.8 Å². The van der Waals surface area contributed by atoms with Crippen LogP contribution < -0.4 is 0 Å². The van der Waals surface area contributed by atoms with E-state index < -0.39 is 5.97 Å². The second-order valence-electron chi connectivity index (χ2n) is 5.44. The number of fused-ring (bicyclic) bond motifs is 3. The van der Waals surface area contributed by atoms with Crippen molar-refractivity contribution >= 4 is 17.7 Å². The van der Waals surface area contributed by atoms with E-state index in [0.717, 1.165) is 23.3 Å². The number of hydrogen-bond acceptors (Lipinski definition) is 4. The van der Waals surface area contributed by atoms with Crippen molar-refractivity contribution in [3.63, 3.8) is 0 Å². The highest BCUT2D eigenvalue weighted by Crippen LogP contribution is 2.38. The van der Waals surface area contributed by atoms with Crippen molar-refractivity contribution in [2.24, 2.45) is 5.92 Å². The van der Waals surface area contributed by atoms with Gasteiger partial charge in [-0.05, 0) is 38.8 Å². The number of carboxylic acid groups (broad SMARTS) is 1. The first kappa shape index (κ1) is 13.0. The van der Waals surface area contributed by atoms with Crippen LogP contribution in [0.4, 0.5) is 0 Å². The van der Waals surface area contributed by atoms with Gasteiger partial charge in [0.05, 0.1) is 11.8 Å². The largest absolute Gasteiger partial charge is 0.481 e. The van der Waals surface area contributed by atoms with E-state index in [1.165, 1.54) is 37.7 Å². The molecule has 5 nitrogen and oxygen atoms in total. The molecule has 3 fully saturated rings. The molecule has 4 rings (SSSR count). The maximum atomic E-state index is 10.7. The molecule has 1 unspecified atom stereocenters. The van der Waals surface area contributed by atoms with E-state index in [0.29, 0.717) is 6.04 Å². The molecule has 2 bridgehead atoms. The fraction of sp³-hybridized carbons (Fsp3) is 0.692. The summed E-state index contributed by atoms with van der Waals surface area (Å²) in [6, 6.07) is 0.473. The quantitative estimate of drug-likeness (QED) is 0.850. The fourth-order valence-electron chi connectivity index (χ4n) is 3.29. The van der Waals surface area contributed by atoms with Gasteiger partial charge in [0, 0.05) is 18.4 Å². The number of rotatable bonds is 4. The Kier molecular flexibility index (Phi) is 3.54. The van der Waals surface area contributed by atoms with Gasteiger partial charge in [0.1, 0.15) is 0 Å². The lowest BCUT2D eigenvalue weighted by Gasteiger charge is -2.45. The molecule has 4 heterocycles. The monoisotopic (exact) mass is 281 g/mol. The lowest BCUT2D eigenvalue weighted by Crippen LogP contribution is -2.48. The van der Waals surface area contributed by atoms with E-state index in [2.05, 4.69) is 21.4 Å². The number of carbonyl (C=O) groups is 1. The van der Waals surface area contributed by atoms with Gasteiger partial charge in [-0.3, -0.25) is 4.79 Å². The Labute approximate surface area is 117 Å². The maximum Gasteiger partial charge on any atom is 0.313 e. The molecule has 0 saturated carbocycles. The van der Waals surface area contributed by atoms with Gasteiger partial charge in [-0.15, -0.1) is 0 Å². The van der Waals surface area contributed by atoms with E-state index in [1.807, 2.05) is 6.20 Å². The molecule has 3 saturated heterocycles. The van der Waals surface area contributed by atoms with E-state index >= 15 is 0 Å². The summed E-state index contributed by atoms with van der Waals surface area (Å²) in [7, 11) is 0. The van der Waals surface area contributed by atoms with Gasteiger partial charge >= 0.3 is 5.97 Å². The number of imidazole rings is 1. The van der Waals surface area contributed by atoms with Crippen molar-refractivity contribution in [3.8, 4) is 0 Å². The summed E-state index contributed by atoms with van der Waals surface area (Å²) >= 11 is 1.33. The maximum absolute atomic E-state index is 10.7. The van der Waals surface area contributed by atoms with Crippen molar-refractivity contribution in [3.05, 3.63) is 11.9 Å². The first-order chi connectivity index (χ1) is 9.15. The van der Waals surface area contributed by atoms with E-state index in [4.69, 9.17) is 5.11 Å². The molecule has 3 aliphatic rings. The second kappa shape index (κ2) is 5.17. The number of thioether (sulfide) groups is 1. The zero-order valence-electron chi connectivity index (χ0n) is 11.1. The molecule has 1 N–H and O–H groups in total. The zero-order valence-corrected chi connectivity index (χ0v) is 11.9. The Morgan fingerprint density at radius 3 is 2.84 bits per heavy atom. The Balaban J connectivity index is 1.83. The Bertz CT molecular complexity index is 480. The number of aryl methyl sites for hydroxylation is 1. The van der Waals surface area contributed by atoms with E-state index in [-0.39, 0.29) is 5.75 Å². The summed E-state index contributed by atoms with van der Waals surface area (Å²) in [5.74, 6) is 0.0191. The Hall–Kier alpha value is -1.01. The molecule has 1 aromatic rings. The summed E-state index contributed by atoms with van der Waals surface area (Å²) in [6.45, 7) is 5.58. The molecule has 0 radical (unpaired) electrons. The molecule has 0 amide bonds. The second-order valence-corrected chi connectivity index (χ2v) is 6.38. The minimum atomic E-state index is -0.786. The van der Waals surface area contributed by atoms with E-state index in [1.54, 1.807) is 0 Å². The third kappa shape index (κ3) is 2.51. The van der Waals surface area contributed by atoms with E-state index in [9.17, 15) is 4.79 Å². The minimum Gasteiger partial charge on any atom is -0.481 e. The Morgan fingerprint density at radius 1 is 1.53 bits per heavy atom. The summed E-state index contributed by atoms with van der Waals surface area (Å²) in [6.07, 6.45) is 4.37. The smallest absolute Gasteiger partial charge is 0.313 e. The zero-order chi connectivity index (χ0) is 13.4. The van der Waals surface area contributed by atoms with Gasteiger partial charge in [0.25, 0.3) is 0 Å². The normalized spacial score (nSPS) is 29.6. The fourth-order valence-corrected chi connectivity index (χ4v) is 4.09. The van der Waals surface area contributed by atoms with Gasteiger partial charge in [-0.2, -0.15) is 0 Å². The lowest BCUT2D eigenvalue weighted by atomic mass is 9.84. The van der Waals surface area contributed by atoms with Crippen LogP contribution in [-0.4, -0.2) is 50.9 Å². The van der Waals surface area contributed by atoms with Crippen LogP contribution in [0.3, 0.4) is 0 Å². The molecule has 3 aliphatic heterocycles. The third-order valence-electron chi connectivity index (χ3n) is 4.23. The molecule has 1 aromatic heterocycles. The Morgan fingerprint density at radius 2 is 2.26 bits per heavy atom. The van der Waals surface area contributed by atoms with Crippen molar-refractivity contribution in [2.75, 3.05) is 25.4 Å². The number of aliphatic carboxylic acids is 1. The topological polar surface area (TPSA) is 58.4 Å². The van der Waals surface area contributed by atoms with Crippen LogP contribution in [0.25, 0.3) is 0 Å². The van der Waals surface area contributed by atoms with Gasteiger partial charge in [-0.25, -0.2) is 4.98 Å². The first-order valence-corrected chi connectivity index (χ1v) is 7.74. The van der Waals surface area contributed by atoms with Crippen molar-refractivity contribution in [2.45, 2.75) is 31.0 Å². The highest BCUT2D eigenvalue weighted by Gasteiger charge is 2.36. The summed E-state index contributed by atoms with van der Waals surface area (Å²) in [5, 5.41) is 9.68. The van der Waals surface area contributed by atoms with Crippen LogP contribution in [-0.2, 0) is 4.79 Å². The van der Waals surface area contributed by atoms with Gasteiger partial charge in [0.15, 0.2) is 5.16 Å². The van der Waals surface area contributed by atoms with Crippen LogP contribution >= 0.6 is 11.8 Å². The molecule has 104 valence electrons. The number of nitrogens with zero attached hydrogens (tertiary/aromatic N) is 3. The van der Waals surface area contributed by atoms with Crippen LogP contribution in [0.1, 0.15) is 24.6 Å². The molecule has 0 spiro atoms. The average Bonchev–Trinajstić information content (AvgIpc) is 2.78. The first-order valence-electron chi connectivity index (χ1n) is 6.76. The molecule has 1 atom stereocenters. The number of piperidine rings is 3. The van der Waals surface area contributed by atoms with Gasteiger partial charge < -0.3 is 14.6 Å². The highest BCUT2D eigenvalue weighted by molar-refractivity contribution is 7.99. The number of carboxylic acids is 1. The third-order valence-corrected chi connectivity index (χ3v) is 5.18. The number of aromatic nitrogens is 2. The van der Waals surface area contributed by atoms with Crippen LogP contribution in [0.2, 0.25) is 0 Å². The summed E-state index contributed by atoms with van der Waals surface area (Å²) in [4.78, 5) is 17.6. The SMILES string of the molecule is Cc1cnc(SCC(=O)O)n1C1CN2CCC1CC2. The predicted octanol–water partition coefficient (Wildman–Crippen LogP) is 1.63. The predicted molar refractivity (Wildman–Crippen MR) is 73.5 cm³/mol. The standard InChI is InChI=1S/C13H19N3O2S/c1-9-6-14-13(19-8-12(17)18)16(9)11-7-15-4-2-10(11)3-5-15/h6,10-11H,2-5,7-8H2,1H3,(H,17,18). The number of hydrogen-bond donors (Lipinski definition) is 1. The van der Waals surface area contributed by atoms with Gasteiger partial charge in [0.2, 0.25) is 0 Å². The molecule has 0 aromatic carbocycles. The molecule has 0 aliphatic carbocycles. The molecule has 19 heavy (non-hydrogen) atoms. The van der Waals surface area contributed by atoms with Crippen molar-refractivity contribution in [1.29, 1.82) is 0 Å².